The van der Waals surface area contributed by atoms with Gasteiger partial charge in [-0.1, -0.05) is 0 Å². The molecule has 1 heterocycles. The number of carboxylic acid groups (broad SMARTS) is 1. The summed E-state index contributed by atoms with van der Waals surface area (Å²) in [5, 5.41) is 18.0. The molecule has 0 bridgehead atoms. The number of amides is 2. The van der Waals surface area contributed by atoms with Gasteiger partial charge in [-0.25, -0.2) is 0 Å². The average molecular weight is 310 g/mol. The van der Waals surface area contributed by atoms with E-state index < -0.39 is 5.97 Å². The van der Waals surface area contributed by atoms with Crippen LogP contribution in [0.5, 0.6) is 0 Å². The van der Waals surface area contributed by atoms with Gasteiger partial charge in [0.15, 0.2) is 0 Å². The second-order valence-corrected chi connectivity index (χ2v) is 5.91. The topological polar surface area (TPSA) is 95.5 Å². The molecule has 1 aromatic heterocycles. The highest BCUT2D eigenvalue weighted by Crippen LogP contribution is 2.25. The zero-order chi connectivity index (χ0) is 15.2. The minimum Gasteiger partial charge on any atom is -0.481 e. The number of aliphatic carboxylic acids is 1. The number of hydrogen-bond acceptors (Lipinski definition) is 4. The molecule has 21 heavy (non-hydrogen) atoms. The number of nitrogens with one attached hydrogen (secondary N) is 2. The lowest BCUT2D eigenvalue weighted by atomic mass is 10.1. The molecule has 114 valence electrons. The molecule has 2 atom stereocenters. The Hall–Kier alpha value is -1.89. The van der Waals surface area contributed by atoms with E-state index in [0.29, 0.717) is 24.8 Å². The van der Waals surface area contributed by atoms with Crippen LogP contribution in [0.25, 0.3) is 0 Å². The van der Waals surface area contributed by atoms with E-state index in [9.17, 15) is 14.4 Å². The van der Waals surface area contributed by atoms with Crippen LogP contribution in [-0.4, -0.2) is 35.5 Å². The summed E-state index contributed by atoms with van der Waals surface area (Å²) in [6.45, 7) is 0.273. The first-order chi connectivity index (χ1) is 10.1. The fourth-order valence-corrected chi connectivity index (χ4v) is 3.06. The quantitative estimate of drug-likeness (QED) is 0.736. The summed E-state index contributed by atoms with van der Waals surface area (Å²) < 4.78 is 0. The van der Waals surface area contributed by atoms with Crippen LogP contribution in [0.4, 0.5) is 0 Å². The van der Waals surface area contributed by atoms with Gasteiger partial charge in [0.1, 0.15) is 0 Å². The molecule has 3 N–H and O–H groups in total. The van der Waals surface area contributed by atoms with E-state index in [1.165, 1.54) is 11.3 Å². The van der Waals surface area contributed by atoms with E-state index >= 15 is 0 Å². The molecule has 1 fully saturated rings. The summed E-state index contributed by atoms with van der Waals surface area (Å²) in [6, 6.07) is 1.66. The molecule has 0 radical (unpaired) electrons. The molecular formula is C14H18N2O4S. The first kappa shape index (κ1) is 15.5. The predicted octanol–water partition coefficient (Wildman–Crippen LogP) is 1.24. The van der Waals surface area contributed by atoms with Crippen molar-refractivity contribution in [1.29, 1.82) is 0 Å². The predicted molar refractivity (Wildman–Crippen MR) is 78.2 cm³/mol. The van der Waals surface area contributed by atoms with E-state index in [4.69, 9.17) is 5.11 Å². The lowest BCUT2D eigenvalue weighted by Gasteiger charge is -2.12. The minimum atomic E-state index is -0.797. The first-order valence-corrected chi connectivity index (χ1v) is 7.83. The number of carbonyl (C=O) groups excluding carboxylic acids is 2. The zero-order valence-electron chi connectivity index (χ0n) is 11.5. The minimum absolute atomic E-state index is 0.0637. The van der Waals surface area contributed by atoms with Crippen LogP contribution >= 0.6 is 11.3 Å². The zero-order valence-corrected chi connectivity index (χ0v) is 12.3. The van der Waals surface area contributed by atoms with Gasteiger partial charge in [0.2, 0.25) is 5.91 Å². The van der Waals surface area contributed by atoms with Gasteiger partial charge in [-0.05, 0) is 30.7 Å². The van der Waals surface area contributed by atoms with Crippen molar-refractivity contribution in [1.82, 2.24) is 10.6 Å². The van der Waals surface area contributed by atoms with Gasteiger partial charge in [0.05, 0.1) is 5.92 Å². The van der Waals surface area contributed by atoms with Gasteiger partial charge < -0.3 is 15.7 Å². The molecule has 2 amide bonds. The van der Waals surface area contributed by atoms with Crippen molar-refractivity contribution in [3.63, 3.8) is 0 Å². The normalized spacial score (nSPS) is 21.0. The molecule has 1 aliphatic rings. The van der Waals surface area contributed by atoms with E-state index in [-0.39, 0.29) is 36.7 Å². The molecular weight excluding hydrogens is 292 g/mol. The van der Waals surface area contributed by atoms with E-state index in [1.54, 1.807) is 11.4 Å². The third-order valence-corrected chi connectivity index (χ3v) is 4.25. The molecule has 0 aromatic carbocycles. The van der Waals surface area contributed by atoms with Crippen LogP contribution in [0.2, 0.25) is 0 Å². The summed E-state index contributed by atoms with van der Waals surface area (Å²) in [4.78, 5) is 34.2. The molecule has 2 rings (SSSR count). The lowest BCUT2D eigenvalue weighted by Crippen LogP contribution is -2.36. The van der Waals surface area contributed by atoms with Crippen molar-refractivity contribution in [2.75, 3.05) is 6.54 Å². The van der Waals surface area contributed by atoms with Crippen molar-refractivity contribution in [3.05, 3.63) is 22.4 Å². The van der Waals surface area contributed by atoms with Crippen LogP contribution in [0, 0.1) is 5.92 Å². The smallest absolute Gasteiger partial charge is 0.306 e. The van der Waals surface area contributed by atoms with E-state index in [1.807, 2.05) is 5.38 Å². The highest BCUT2D eigenvalue weighted by atomic mass is 32.1. The van der Waals surface area contributed by atoms with Gasteiger partial charge >= 0.3 is 5.97 Å². The summed E-state index contributed by atoms with van der Waals surface area (Å²) in [5.74, 6) is -1.49. The molecule has 6 nitrogen and oxygen atoms in total. The molecule has 1 saturated carbocycles. The van der Waals surface area contributed by atoms with Crippen LogP contribution in [0.3, 0.4) is 0 Å². The number of rotatable bonds is 6. The molecule has 0 aliphatic heterocycles. The van der Waals surface area contributed by atoms with Gasteiger partial charge in [0.25, 0.3) is 5.91 Å². The van der Waals surface area contributed by atoms with Crippen LogP contribution in [0.1, 0.15) is 36.0 Å². The lowest BCUT2D eigenvalue weighted by molar-refractivity contribution is -0.141. The Labute approximate surface area is 126 Å². The van der Waals surface area contributed by atoms with Crippen LogP contribution in [-0.2, 0) is 9.59 Å². The van der Waals surface area contributed by atoms with Gasteiger partial charge in [0, 0.05) is 30.0 Å². The monoisotopic (exact) mass is 310 g/mol. The second-order valence-electron chi connectivity index (χ2n) is 5.13. The summed E-state index contributed by atoms with van der Waals surface area (Å²) in [6.07, 6.45) is 1.99. The average Bonchev–Trinajstić information content (AvgIpc) is 3.09. The Kier molecular flexibility index (Phi) is 5.32. The molecule has 1 aliphatic carbocycles. The molecule has 1 aromatic rings. The Morgan fingerprint density at radius 3 is 2.76 bits per heavy atom. The van der Waals surface area contributed by atoms with E-state index in [0.717, 1.165) is 0 Å². The van der Waals surface area contributed by atoms with Crippen LogP contribution in [0.15, 0.2) is 16.8 Å². The largest absolute Gasteiger partial charge is 0.481 e. The number of hydrogen-bond donors (Lipinski definition) is 3. The van der Waals surface area contributed by atoms with Gasteiger partial charge in [-0.15, -0.1) is 0 Å². The van der Waals surface area contributed by atoms with Crippen molar-refractivity contribution >= 4 is 29.1 Å². The third-order valence-electron chi connectivity index (χ3n) is 3.57. The van der Waals surface area contributed by atoms with Crippen molar-refractivity contribution < 1.29 is 19.5 Å². The Morgan fingerprint density at radius 1 is 1.33 bits per heavy atom. The van der Waals surface area contributed by atoms with Crippen LogP contribution < -0.4 is 10.6 Å². The van der Waals surface area contributed by atoms with Gasteiger partial charge in [-0.3, -0.25) is 14.4 Å². The number of carboxylic acids is 1. The highest BCUT2D eigenvalue weighted by Gasteiger charge is 2.30. The second kappa shape index (κ2) is 7.21. The fourth-order valence-electron chi connectivity index (χ4n) is 2.42. The van der Waals surface area contributed by atoms with Gasteiger partial charge in [-0.2, -0.15) is 11.3 Å². The van der Waals surface area contributed by atoms with Crippen molar-refractivity contribution in [2.45, 2.75) is 31.7 Å². The number of thiophene rings is 1. The number of carbonyl (C=O) groups is 3. The van der Waals surface area contributed by atoms with Crippen molar-refractivity contribution in [2.24, 2.45) is 5.92 Å². The molecule has 7 heteroatoms. The third kappa shape index (κ3) is 4.56. The summed E-state index contributed by atoms with van der Waals surface area (Å²) in [7, 11) is 0. The van der Waals surface area contributed by atoms with Crippen molar-refractivity contribution in [3.8, 4) is 0 Å². The molecule has 0 unspecified atom stereocenters. The highest BCUT2D eigenvalue weighted by molar-refractivity contribution is 7.08. The Morgan fingerprint density at radius 2 is 2.14 bits per heavy atom. The Balaban J connectivity index is 1.64. The SMILES string of the molecule is O=C(CCNC(=O)c1ccsc1)N[C@@H]1CC[C@H](C(=O)O)C1. The summed E-state index contributed by atoms with van der Waals surface area (Å²) in [5.41, 5.74) is 0.598. The molecule has 0 spiro atoms. The standard InChI is InChI=1S/C14H18N2O4S/c17-12(16-11-2-1-9(7-11)14(19)20)3-5-15-13(18)10-4-6-21-8-10/h4,6,8-9,11H,1-3,5,7H2,(H,15,18)(H,16,17)(H,19,20)/t9-,11+/m0/s1. The Bertz CT molecular complexity index is 515. The maximum atomic E-state index is 11.7. The summed E-state index contributed by atoms with van der Waals surface area (Å²) >= 11 is 1.44. The molecule has 0 saturated heterocycles. The maximum absolute atomic E-state index is 11.7. The van der Waals surface area contributed by atoms with E-state index in [2.05, 4.69) is 10.6 Å². The fraction of sp³-hybridized carbons (Fsp3) is 0.500. The maximum Gasteiger partial charge on any atom is 0.306 e. The first-order valence-electron chi connectivity index (χ1n) is 6.89.